The fourth-order valence-corrected chi connectivity index (χ4v) is 1.95. The first-order valence-corrected chi connectivity index (χ1v) is 5.10. The number of aldehydes is 1. The van der Waals surface area contributed by atoms with E-state index in [2.05, 4.69) is 0 Å². The summed E-state index contributed by atoms with van der Waals surface area (Å²) >= 11 is 0. The van der Waals surface area contributed by atoms with Crippen molar-refractivity contribution in [2.24, 2.45) is 0 Å². The minimum Gasteiger partial charge on any atom is -0.496 e. The molecule has 0 bridgehead atoms. The molecule has 1 aromatic rings. The summed E-state index contributed by atoms with van der Waals surface area (Å²) in [6, 6.07) is 3.54. The number of fused-ring (bicyclic) bond motifs is 1. The van der Waals surface area contributed by atoms with Crippen molar-refractivity contribution in [1.29, 1.82) is 0 Å². The zero-order valence-corrected chi connectivity index (χ0v) is 9.32. The van der Waals surface area contributed by atoms with Crippen molar-refractivity contribution in [2.45, 2.75) is 12.8 Å². The van der Waals surface area contributed by atoms with Gasteiger partial charge in [0.1, 0.15) is 5.75 Å². The van der Waals surface area contributed by atoms with Crippen molar-refractivity contribution in [3.63, 3.8) is 0 Å². The van der Waals surface area contributed by atoms with Crippen molar-refractivity contribution < 1.29 is 14.3 Å². The van der Waals surface area contributed by atoms with Crippen LogP contribution in [0.1, 0.15) is 22.3 Å². The van der Waals surface area contributed by atoms with Crippen LogP contribution in [0.2, 0.25) is 0 Å². The van der Waals surface area contributed by atoms with Gasteiger partial charge in [0, 0.05) is 19.2 Å². The van der Waals surface area contributed by atoms with Gasteiger partial charge in [-0.05, 0) is 24.1 Å². The summed E-state index contributed by atoms with van der Waals surface area (Å²) < 4.78 is 5.13. The number of hydrogen-bond acceptors (Lipinski definition) is 3. The molecule has 84 valence electrons. The van der Waals surface area contributed by atoms with Crippen molar-refractivity contribution in [2.75, 3.05) is 19.1 Å². The molecule has 1 amide bonds. The molecule has 16 heavy (non-hydrogen) atoms. The Kier molecular flexibility index (Phi) is 2.64. The molecule has 1 aliphatic heterocycles. The number of methoxy groups -OCH3 is 1. The second-order valence-corrected chi connectivity index (χ2v) is 3.79. The number of amides is 1. The summed E-state index contributed by atoms with van der Waals surface area (Å²) in [6.07, 6.45) is 1.95. The molecule has 0 atom stereocenters. The third-order valence-corrected chi connectivity index (χ3v) is 2.90. The molecule has 4 heteroatoms. The van der Waals surface area contributed by atoms with Crippen LogP contribution in [-0.2, 0) is 11.2 Å². The molecule has 1 aliphatic rings. The number of anilines is 1. The lowest BCUT2D eigenvalue weighted by Crippen LogP contribution is -2.31. The van der Waals surface area contributed by atoms with E-state index in [0.717, 1.165) is 17.5 Å². The van der Waals surface area contributed by atoms with Crippen LogP contribution in [0.4, 0.5) is 5.69 Å². The lowest BCUT2D eigenvalue weighted by Gasteiger charge is -2.26. The van der Waals surface area contributed by atoms with Gasteiger partial charge in [0.05, 0.1) is 12.7 Å². The molecule has 0 aliphatic carbocycles. The molecule has 0 aromatic heterocycles. The first kappa shape index (κ1) is 10.7. The van der Waals surface area contributed by atoms with Crippen LogP contribution in [-0.4, -0.2) is 26.4 Å². The third-order valence-electron chi connectivity index (χ3n) is 2.90. The smallest absolute Gasteiger partial charge is 0.227 e. The highest BCUT2D eigenvalue weighted by molar-refractivity contribution is 5.97. The SMILES string of the molecule is COc1cc2c(cc1C=O)N(C)C(=O)CC2. The normalized spacial score (nSPS) is 14.6. The molecule has 1 heterocycles. The molecule has 0 spiro atoms. The molecule has 1 aromatic carbocycles. The van der Waals surface area contributed by atoms with Crippen LogP contribution in [0.25, 0.3) is 0 Å². The van der Waals surface area contributed by atoms with Gasteiger partial charge in [-0.1, -0.05) is 0 Å². The molecule has 0 N–H and O–H groups in total. The van der Waals surface area contributed by atoms with Crippen LogP contribution in [0.5, 0.6) is 5.75 Å². The van der Waals surface area contributed by atoms with E-state index in [1.165, 1.54) is 7.11 Å². The van der Waals surface area contributed by atoms with Gasteiger partial charge in [-0.15, -0.1) is 0 Å². The second kappa shape index (κ2) is 3.96. The lowest BCUT2D eigenvalue weighted by molar-refractivity contribution is -0.118. The number of rotatable bonds is 2. The maximum atomic E-state index is 11.5. The van der Waals surface area contributed by atoms with E-state index < -0.39 is 0 Å². The number of carbonyl (C=O) groups excluding carboxylic acids is 2. The average Bonchev–Trinajstić information content (AvgIpc) is 2.32. The van der Waals surface area contributed by atoms with E-state index in [1.807, 2.05) is 6.07 Å². The Morgan fingerprint density at radius 1 is 1.38 bits per heavy atom. The van der Waals surface area contributed by atoms with Crippen molar-refractivity contribution in [3.05, 3.63) is 23.3 Å². The van der Waals surface area contributed by atoms with Crippen LogP contribution < -0.4 is 9.64 Å². The number of carbonyl (C=O) groups is 2. The molecule has 2 rings (SSSR count). The largest absolute Gasteiger partial charge is 0.496 e. The number of benzene rings is 1. The van der Waals surface area contributed by atoms with Crippen LogP contribution >= 0.6 is 0 Å². The average molecular weight is 219 g/mol. The van der Waals surface area contributed by atoms with Gasteiger partial charge in [0.25, 0.3) is 0 Å². The Morgan fingerprint density at radius 3 is 2.75 bits per heavy atom. The molecule has 0 saturated carbocycles. The minimum absolute atomic E-state index is 0.0783. The first-order valence-electron chi connectivity index (χ1n) is 5.10. The van der Waals surface area contributed by atoms with E-state index in [1.54, 1.807) is 18.0 Å². The lowest BCUT2D eigenvalue weighted by atomic mass is 9.99. The van der Waals surface area contributed by atoms with Gasteiger partial charge in [-0.3, -0.25) is 9.59 Å². The molecule has 0 saturated heterocycles. The summed E-state index contributed by atoms with van der Waals surface area (Å²) in [5.41, 5.74) is 2.33. The topological polar surface area (TPSA) is 46.6 Å². The maximum absolute atomic E-state index is 11.5. The summed E-state index contributed by atoms with van der Waals surface area (Å²) in [6.45, 7) is 0. The Hall–Kier alpha value is -1.84. The summed E-state index contributed by atoms with van der Waals surface area (Å²) in [5, 5.41) is 0. The van der Waals surface area contributed by atoms with Gasteiger partial charge in [-0.25, -0.2) is 0 Å². The molecule has 0 fully saturated rings. The molecular formula is C12H13NO3. The van der Waals surface area contributed by atoms with Crippen LogP contribution in [0.15, 0.2) is 12.1 Å². The van der Waals surface area contributed by atoms with Crippen molar-refractivity contribution in [3.8, 4) is 5.75 Å². The van der Waals surface area contributed by atoms with E-state index in [4.69, 9.17) is 4.74 Å². The number of ether oxygens (including phenoxy) is 1. The molecular weight excluding hydrogens is 206 g/mol. The quantitative estimate of drug-likeness (QED) is 0.707. The summed E-state index contributed by atoms with van der Waals surface area (Å²) in [5.74, 6) is 0.644. The van der Waals surface area contributed by atoms with E-state index in [0.29, 0.717) is 24.2 Å². The maximum Gasteiger partial charge on any atom is 0.227 e. The first-order chi connectivity index (χ1) is 7.67. The highest BCUT2D eigenvalue weighted by Gasteiger charge is 2.22. The summed E-state index contributed by atoms with van der Waals surface area (Å²) in [7, 11) is 3.26. The summed E-state index contributed by atoms with van der Waals surface area (Å²) in [4.78, 5) is 24.0. The Balaban J connectivity index is 2.56. The Morgan fingerprint density at radius 2 is 2.12 bits per heavy atom. The Labute approximate surface area is 93.8 Å². The zero-order chi connectivity index (χ0) is 11.7. The number of hydrogen-bond donors (Lipinski definition) is 0. The van der Waals surface area contributed by atoms with Gasteiger partial charge in [-0.2, -0.15) is 0 Å². The Bertz CT molecular complexity index is 454. The third kappa shape index (κ3) is 1.56. The second-order valence-electron chi connectivity index (χ2n) is 3.79. The van der Waals surface area contributed by atoms with E-state index >= 15 is 0 Å². The highest BCUT2D eigenvalue weighted by atomic mass is 16.5. The molecule has 0 radical (unpaired) electrons. The minimum atomic E-state index is 0.0783. The number of nitrogens with zero attached hydrogens (tertiary/aromatic N) is 1. The van der Waals surface area contributed by atoms with Gasteiger partial charge in [0.2, 0.25) is 5.91 Å². The van der Waals surface area contributed by atoms with Crippen molar-refractivity contribution >= 4 is 17.9 Å². The highest BCUT2D eigenvalue weighted by Crippen LogP contribution is 2.32. The van der Waals surface area contributed by atoms with Gasteiger partial charge < -0.3 is 9.64 Å². The fourth-order valence-electron chi connectivity index (χ4n) is 1.95. The standard InChI is InChI=1S/C12H13NO3/c1-13-10-5-9(7-14)11(16-2)6-8(10)3-4-12(13)15/h5-7H,3-4H2,1-2H3. The zero-order valence-electron chi connectivity index (χ0n) is 9.32. The van der Waals surface area contributed by atoms with E-state index in [-0.39, 0.29) is 5.91 Å². The molecule has 4 nitrogen and oxygen atoms in total. The van der Waals surface area contributed by atoms with Crippen molar-refractivity contribution in [1.82, 2.24) is 0 Å². The monoisotopic (exact) mass is 219 g/mol. The predicted octanol–water partition coefficient (Wildman–Crippen LogP) is 1.42. The van der Waals surface area contributed by atoms with Gasteiger partial charge >= 0.3 is 0 Å². The predicted molar refractivity (Wildman–Crippen MR) is 60.1 cm³/mol. The van der Waals surface area contributed by atoms with Gasteiger partial charge in [0.15, 0.2) is 6.29 Å². The van der Waals surface area contributed by atoms with E-state index in [9.17, 15) is 9.59 Å². The number of aryl methyl sites for hydroxylation is 1. The van der Waals surface area contributed by atoms with Crippen LogP contribution in [0, 0.1) is 0 Å². The fraction of sp³-hybridized carbons (Fsp3) is 0.333. The van der Waals surface area contributed by atoms with Crippen LogP contribution in [0.3, 0.4) is 0 Å². The molecule has 0 unspecified atom stereocenters.